The number of fused-ring (bicyclic) bond motifs is 6. The number of aromatic nitrogens is 2. The molecule has 9 rings (SSSR count). The second-order valence-electron chi connectivity index (χ2n) is 11.7. The Balaban J connectivity index is 1.33. The number of nitrogens with zero attached hydrogens (tertiary/aromatic N) is 3. The zero-order valence-electron chi connectivity index (χ0n) is 24.9. The third kappa shape index (κ3) is 3.98. The molecule has 9 aromatic rings. The second kappa shape index (κ2) is 10.4. The molecule has 0 spiro atoms. The standard InChI is InChI=1S/C43H27N3/c44-28-29-11-9-12-30(25-29)31-23-24-43(46-41-21-7-3-17-36(41)37-18-4-8-22-42(37)46)38(27-31)32-13-10-14-33(26-32)45-39-19-5-1-15-34(39)35-16-2-6-20-40(35)45/h1-27H. The van der Waals surface area contributed by atoms with E-state index in [1.165, 1.54) is 43.6 Å². The van der Waals surface area contributed by atoms with Crippen molar-refractivity contribution in [1.82, 2.24) is 9.13 Å². The molecule has 0 radical (unpaired) electrons. The summed E-state index contributed by atoms with van der Waals surface area (Å²) in [4.78, 5) is 0. The van der Waals surface area contributed by atoms with Gasteiger partial charge in [0.1, 0.15) is 0 Å². The molecule has 46 heavy (non-hydrogen) atoms. The van der Waals surface area contributed by atoms with Crippen molar-refractivity contribution in [3.05, 3.63) is 169 Å². The molecule has 0 unspecified atom stereocenters. The third-order valence-electron chi connectivity index (χ3n) is 9.14. The lowest BCUT2D eigenvalue weighted by Crippen LogP contribution is -1.99. The molecule has 0 bridgehead atoms. The Morgan fingerprint density at radius 3 is 1.48 bits per heavy atom. The Kier molecular flexibility index (Phi) is 5.88. The summed E-state index contributed by atoms with van der Waals surface area (Å²) in [5, 5.41) is 14.6. The summed E-state index contributed by atoms with van der Waals surface area (Å²) in [6, 6.07) is 60.3. The van der Waals surface area contributed by atoms with Gasteiger partial charge in [0.05, 0.1) is 39.4 Å². The maximum atomic E-state index is 9.63. The molecular weight excluding hydrogens is 558 g/mol. The molecule has 0 atom stereocenters. The van der Waals surface area contributed by atoms with Gasteiger partial charge in [-0.2, -0.15) is 5.26 Å². The van der Waals surface area contributed by atoms with Crippen LogP contribution in [0.15, 0.2) is 164 Å². The highest BCUT2D eigenvalue weighted by Crippen LogP contribution is 2.39. The van der Waals surface area contributed by atoms with Crippen molar-refractivity contribution in [2.24, 2.45) is 0 Å². The molecule has 3 heteroatoms. The van der Waals surface area contributed by atoms with Crippen LogP contribution in [0.3, 0.4) is 0 Å². The van der Waals surface area contributed by atoms with Gasteiger partial charge in [0, 0.05) is 32.8 Å². The molecule has 0 aliphatic heterocycles. The molecule has 0 aliphatic rings. The molecule has 0 fully saturated rings. The van der Waals surface area contributed by atoms with Crippen LogP contribution in [0.5, 0.6) is 0 Å². The van der Waals surface area contributed by atoms with Crippen molar-refractivity contribution in [2.45, 2.75) is 0 Å². The van der Waals surface area contributed by atoms with Crippen LogP contribution in [-0.2, 0) is 0 Å². The van der Waals surface area contributed by atoms with E-state index in [1.54, 1.807) is 0 Å². The predicted octanol–water partition coefficient (Wildman–Crippen LogP) is 11.1. The highest BCUT2D eigenvalue weighted by Gasteiger charge is 2.18. The number of hydrogen-bond donors (Lipinski definition) is 0. The molecule has 3 nitrogen and oxygen atoms in total. The second-order valence-corrected chi connectivity index (χ2v) is 11.7. The Bertz CT molecular complexity index is 2560. The Morgan fingerprint density at radius 1 is 0.391 bits per heavy atom. The number of hydrogen-bond acceptors (Lipinski definition) is 1. The van der Waals surface area contributed by atoms with Gasteiger partial charge in [0.2, 0.25) is 0 Å². The van der Waals surface area contributed by atoms with Gasteiger partial charge >= 0.3 is 0 Å². The summed E-state index contributed by atoms with van der Waals surface area (Å²) in [7, 11) is 0. The van der Waals surface area contributed by atoms with Gasteiger partial charge in [0.15, 0.2) is 0 Å². The quantitative estimate of drug-likeness (QED) is 0.202. The monoisotopic (exact) mass is 585 g/mol. The Labute approximate surface area is 266 Å². The Morgan fingerprint density at radius 2 is 0.891 bits per heavy atom. The molecule has 7 aromatic carbocycles. The maximum Gasteiger partial charge on any atom is 0.0991 e. The van der Waals surface area contributed by atoms with Crippen molar-refractivity contribution in [3.63, 3.8) is 0 Å². The van der Waals surface area contributed by atoms with Crippen LogP contribution in [0, 0.1) is 11.3 Å². The van der Waals surface area contributed by atoms with E-state index in [0.717, 1.165) is 33.6 Å². The molecule has 0 saturated carbocycles. The average Bonchev–Trinajstić information content (AvgIpc) is 3.65. The van der Waals surface area contributed by atoms with Crippen molar-refractivity contribution in [1.29, 1.82) is 5.26 Å². The highest BCUT2D eigenvalue weighted by molar-refractivity contribution is 6.10. The van der Waals surface area contributed by atoms with E-state index in [0.29, 0.717) is 5.56 Å². The largest absolute Gasteiger partial charge is 0.309 e. The van der Waals surface area contributed by atoms with E-state index < -0.39 is 0 Å². The van der Waals surface area contributed by atoms with Crippen LogP contribution in [0.25, 0.3) is 77.2 Å². The first-order valence-electron chi connectivity index (χ1n) is 15.5. The fourth-order valence-corrected chi connectivity index (χ4v) is 7.11. The van der Waals surface area contributed by atoms with Crippen molar-refractivity contribution < 1.29 is 0 Å². The lowest BCUT2D eigenvalue weighted by Gasteiger charge is -2.17. The number of nitriles is 1. The van der Waals surface area contributed by atoms with Crippen LogP contribution in [0.1, 0.15) is 5.56 Å². The van der Waals surface area contributed by atoms with Gasteiger partial charge in [-0.1, -0.05) is 103 Å². The summed E-state index contributed by atoms with van der Waals surface area (Å²) in [6.45, 7) is 0. The van der Waals surface area contributed by atoms with Crippen LogP contribution in [0.2, 0.25) is 0 Å². The van der Waals surface area contributed by atoms with Crippen molar-refractivity contribution in [3.8, 4) is 39.7 Å². The number of para-hydroxylation sites is 4. The normalized spacial score (nSPS) is 11.5. The molecule has 2 heterocycles. The first kappa shape index (κ1) is 26.1. The average molecular weight is 586 g/mol. The summed E-state index contributed by atoms with van der Waals surface area (Å²) >= 11 is 0. The third-order valence-corrected chi connectivity index (χ3v) is 9.14. The van der Waals surface area contributed by atoms with E-state index in [1.807, 2.05) is 18.2 Å². The number of benzene rings is 7. The van der Waals surface area contributed by atoms with E-state index >= 15 is 0 Å². The van der Waals surface area contributed by atoms with Crippen LogP contribution in [0.4, 0.5) is 0 Å². The summed E-state index contributed by atoms with van der Waals surface area (Å²) in [6.07, 6.45) is 0. The smallest absolute Gasteiger partial charge is 0.0991 e. The van der Waals surface area contributed by atoms with E-state index in [2.05, 4.69) is 161 Å². The van der Waals surface area contributed by atoms with Crippen LogP contribution < -0.4 is 0 Å². The van der Waals surface area contributed by atoms with E-state index in [4.69, 9.17) is 0 Å². The van der Waals surface area contributed by atoms with E-state index in [9.17, 15) is 5.26 Å². The molecule has 2 aromatic heterocycles. The predicted molar refractivity (Wildman–Crippen MR) is 191 cm³/mol. The van der Waals surface area contributed by atoms with Crippen molar-refractivity contribution >= 4 is 43.6 Å². The fourth-order valence-electron chi connectivity index (χ4n) is 7.11. The fraction of sp³-hybridized carbons (Fsp3) is 0. The number of rotatable bonds is 4. The summed E-state index contributed by atoms with van der Waals surface area (Å²) in [5.41, 5.74) is 11.9. The molecule has 0 saturated heterocycles. The van der Waals surface area contributed by atoms with Crippen molar-refractivity contribution in [2.75, 3.05) is 0 Å². The first-order valence-corrected chi connectivity index (χ1v) is 15.5. The van der Waals surface area contributed by atoms with Gasteiger partial charge in [-0.15, -0.1) is 0 Å². The zero-order chi connectivity index (χ0) is 30.6. The molecule has 0 N–H and O–H groups in total. The highest BCUT2D eigenvalue weighted by atomic mass is 15.0. The summed E-state index contributed by atoms with van der Waals surface area (Å²) < 4.78 is 4.76. The topological polar surface area (TPSA) is 33.6 Å². The lowest BCUT2D eigenvalue weighted by atomic mass is 9.96. The molecule has 214 valence electrons. The minimum Gasteiger partial charge on any atom is -0.309 e. The van der Waals surface area contributed by atoms with Gasteiger partial charge in [-0.05, 0) is 77.4 Å². The van der Waals surface area contributed by atoms with Gasteiger partial charge in [-0.25, -0.2) is 0 Å². The van der Waals surface area contributed by atoms with Gasteiger partial charge < -0.3 is 9.13 Å². The lowest BCUT2D eigenvalue weighted by molar-refractivity contribution is 1.17. The molecule has 0 aliphatic carbocycles. The Hall–Kier alpha value is -6.37. The SMILES string of the molecule is N#Cc1cccc(-c2ccc(-n3c4ccccc4c4ccccc43)c(-c3cccc(-n4c5ccccc5c5ccccc54)c3)c2)c1. The molecule has 0 amide bonds. The summed E-state index contributed by atoms with van der Waals surface area (Å²) in [5.74, 6) is 0. The van der Waals surface area contributed by atoms with Crippen LogP contribution >= 0.6 is 0 Å². The van der Waals surface area contributed by atoms with E-state index in [-0.39, 0.29) is 0 Å². The maximum absolute atomic E-state index is 9.63. The van der Waals surface area contributed by atoms with Crippen LogP contribution in [-0.4, -0.2) is 9.13 Å². The minimum absolute atomic E-state index is 0.652. The molecular formula is C43H27N3. The van der Waals surface area contributed by atoms with Gasteiger partial charge in [-0.3, -0.25) is 0 Å². The van der Waals surface area contributed by atoms with Gasteiger partial charge in [0.25, 0.3) is 0 Å². The minimum atomic E-state index is 0.652. The first-order chi connectivity index (χ1) is 22.8. The zero-order valence-corrected chi connectivity index (χ0v) is 24.9.